The second-order valence-electron chi connectivity index (χ2n) is 5.15. The third-order valence-corrected chi connectivity index (χ3v) is 3.82. The minimum Gasteiger partial charge on any atom is -0.396 e. The first-order valence-corrected chi connectivity index (χ1v) is 6.65. The summed E-state index contributed by atoms with van der Waals surface area (Å²) in [6.45, 7) is 2.15. The van der Waals surface area contributed by atoms with Gasteiger partial charge in [-0.1, -0.05) is 24.3 Å². The number of primary amides is 1. The van der Waals surface area contributed by atoms with Crippen molar-refractivity contribution in [1.29, 1.82) is 0 Å². The lowest BCUT2D eigenvalue weighted by Gasteiger charge is -2.27. The summed E-state index contributed by atoms with van der Waals surface area (Å²) >= 11 is 0. The highest BCUT2D eigenvalue weighted by Crippen LogP contribution is 2.41. The van der Waals surface area contributed by atoms with Gasteiger partial charge in [0.05, 0.1) is 16.9 Å². The quantitative estimate of drug-likeness (QED) is 0.821. The van der Waals surface area contributed by atoms with Crippen molar-refractivity contribution in [3.05, 3.63) is 53.6 Å². The molecule has 1 atom stereocenters. The van der Waals surface area contributed by atoms with Crippen molar-refractivity contribution in [3.63, 3.8) is 0 Å². The molecule has 0 bridgehead atoms. The molecule has 2 aromatic carbocycles. The average molecular weight is 267 g/mol. The van der Waals surface area contributed by atoms with Gasteiger partial charge in [-0.3, -0.25) is 4.79 Å². The number of carbonyl (C=O) groups excluding carboxylic acids is 1. The van der Waals surface area contributed by atoms with Crippen LogP contribution in [0.2, 0.25) is 0 Å². The van der Waals surface area contributed by atoms with E-state index in [2.05, 4.69) is 24.0 Å². The Morgan fingerprint density at radius 1 is 1.15 bits per heavy atom. The van der Waals surface area contributed by atoms with Crippen LogP contribution in [0.3, 0.4) is 0 Å². The molecule has 20 heavy (non-hydrogen) atoms. The maximum absolute atomic E-state index is 11.4. The van der Waals surface area contributed by atoms with E-state index in [1.54, 1.807) is 6.07 Å². The predicted octanol–water partition coefficient (Wildman–Crippen LogP) is 2.45. The largest absolute Gasteiger partial charge is 0.396 e. The summed E-state index contributed by atoms with van der Waals surface area (Å²) in [6, 6.07) is 14.0. The minimum atomic E-state index is -0.496. The van der Waals surface area contributed by atoms with Crippen LogP contribution in [0.25, 0.3) is 0 Å². The van der Waals surface area contributed by atoms with Crippen molar-refractivity contribution in [3.8, 4) is 0 Å². The molecule has 4 nitrogen and oxygen atoms in total. The number of fused-ring (bicyclic) bond motifs is 1. The van der Waals surface area contributed by atoms with Gasteiger partial charge in [0.25, 0.3) is 5.91 Å². The normalized spacial score (nSPS) is 17.1. The summed E-state index contributed by atoms with van der Waals surface area (Å²) in [5.41, 5.74) is 15.6. The first-order chi connectivity index (χ1) is 9.59. The van der Waals surface area contributed by atoms with Crippen LogP contribution in [0.5, 0.6) is 0 Å². The predicted molar refractivity (Wildman–Crippen MR) is 81.1 cm³/mol. The van der Waals surface area contributed by atoms with Crippen molar-refractivity contribution in [2.24, 2.45) is 5.73 Å². The third-order valence-electron chi connectivity index (χ3n) is 3.82. The van der Waals surface area contributed by atoms with Crippen LogP contribution >= 0.6 is 0 Å². The number of anilines is 3. The molecule has 4 heteroatoms. The number of nitrogen functional groups attached to an aromatic ring is 1. The van der Waals surface area contributed by atoms with Gasteiger partial charge in [0.15, 0.2) is 0 Å². The lowest BCUT2D eigenvalue weighted by atomic mass is 10.1. The van der Waals surface area contributed by atoms with Gasteiger partial charge in [0.2, 0.25) is 0 Å². The molecule has 0 aromatic heterocycles. The molecule has 2 aromatic rings. The van der Waals surface area contributed by atoms with Gasteiger partial charge in [0.1, 0.15) is 0 Å². The van der Waals surface area contributed by atoms with Crippen molar-refractivity contribution in [1.82, 2.24) is 0 Å². The summed E-state index contributed by atoms with van der Waals surface area (Å²) in [5, 5.41) is 0. The molecule has 1 aliphatic rings. The second-order valence-corrected chi connectivity index (χ2v) is 5.15. The molecule has 0 aliphatic carbocycles. The summed E-state index contributed by atoms with van der Waals surface area (Å²) in [7, 11) is 0. The maximum atomic E-state index is 11.4. The zero-order valence-electron chi connectivity index (χ0n) is 11.3. The number of nitrogens with two attached hydrogens (primary N) is 2. The molecule has 0 fully saturated rings. The Labute approximate surface area is 118 Å². The number of carbonyl (C=O) groups is 1. The smallest absolute Gasteiger partial charge is 0.250 e. The van der Waals surface area contributed by atoms with Gasteiger partial charge >= 0.3 is 0 Å². The topological polar surface area (TPSA) is 72.3 Å². The molecule has 0 radical (unpaired) electrons. The Morgan fingerprint density at radius 2 is 1.85 bits per heavy atom. The van der Waals surface area contributed by atoms with E-state index in [1.165, 1.54) is 5.56 Å². The van der Waals surface area contributed by atoms with Crippen molar-refractivity contribution < 1.29 is 4.79 Å². The van der Waals surface area contributed by atoms with Crippen LogP contribution in [-0.2, 0) is 6.42 Å². The molecule has 1 heterocycles. The standard InChI is InChI=1S/C16H17N3O/c1-10-9-11-5-2-3-7-13(11)19(10)14-8-4-6-12(15(14)17)16(18)20/h2-8,10H,9,17H2,1H3,(H2,18,20). The fourth-order valence-corrected chi connectivity index (χ4v) is 2.91. The number of nitrogens with zero attached hydrogens (tertiary/aromatic N) is 1. The summed E-state index contributed by atoms with van der Waals surface area (Å²) in [6.07, 6.45) is 0.969. The van der Waals surface area contributed by atoms with Crippen LogP contribution in [0.1, 0.15) is 22.8 Å². The average Bonchev–Trinajstić information content (AvgIpc) is 2.75. The highest BCUT2D eigenvalue weighted by atomic mass is 16.1. The van der Waals surface area contributed by atoms with Crippen LogP contribution < -0.4 is 16.4 Å². The van der Waals surface area contributed by atoms with Crippen LogP contribution in [0.15, 0.2) is 42.5 Å². The van der Waals surface area contributed by atoms with Gasteiger partial charge in [0, 0.05) is 11.7 Å². The zero-order chi connectivity index (χ0) is 14.3. The van der Waals surface area contributed by atoms with Crippen LogP contribution in [-0.4, -0.2) is 11.9 Å². The number of hydrogen-bond donors (Lipinski definition) is 2. The molecule has 0 saturated heterocycles. The van der Waals surface area contributed by atoms with Gasteiger partial charge in [-0.05, 0) is 37.1 Å². The molecule has 3 rings (SSSR count). The van der Waals surface area contributed by atoms with E-state index in [4.69, 9.17) is 11.5 Å². The minimum absolute atomic E-state index is 0.304. The number of benzene rings is 2. The number of rotatable bonds is 2. The van der Waals surface area contributed by atoms with Gasteiger partial charge < -0.3 is 16.4 Å². The summed E-state index contributed by atoms with van der Waals surface area (Å²) in [4.78, 5) is 13.6. The SMILES string of the molecule is CC1Cc2ccccc2N1c1cccc(C(N)=O)c1N. The molecule has 1 aliphatic heterocycles. The number of para-hydroxylation sites is 2. The molecular weight excluding hydrogens is 250 g/mol. The maximum Gasteiger partial charge on any atom is 0.250 e. The van der Waals surface area contributed by atoms with E-state index >= 15 is 0 Å². The highest BCUT2D eigenvalue weighted by Gasteiger charge is 2.28. The molecule has 1 amide bonds. The molecule has 1 unspecified atom stereocenters. The molecule has 0 saturated carbocycles. The number of amides is 1. The molecule has 0 spiro atoms. The lowest BCUT2D eigenvalue weighted by molar-refractivity contribution is 0.100. The van der Waals surface area contributed by atoms with E-state index in [0.717, 1.165) is 17.8 Å². The Morgan fingerprint density at radius 3 is 2.60 bits per heavy atom. The van der Waals surface area contributed by atoms with Gasteiger partial charge in [-0.25, -0.2) is 0 Å². The molecule has 102 valence electrons. The fraction of sp³-hybridized carbons (Fsp3) is 0.188. The highest BCUT2D eigenvalue weighted by molar-refractivity contribution is 6.01. The van der Waals surface area contributed by atoms with E-state index < -0.39 is 5.91 Å². The van der Waals surface area contributed by atoms with E-state index in [1.807, 2.05) is 24.3 Å². The second kappa shape index (κ2) is 4.56. The van der Waals surface area contributed by atoms with Gasteiger partial charge in [-0.2, -0.15) is 0 Å². The number of hydrogen-bond acceptors (Lipinski definition) is 3. The van der Waals surface area contributed by atoms with E-state index in [0.29, 0.717) is 17.3 Å². The summed E-state index contributed by atoms with van der Waals surface area (Å²) in [5.74, 6) is -0.496. The van der Waals surface area contributed by atoms with E-state index in [-0.39, 0.29) is 0 Å². The fourth-order valence-electron chi connectivity index (χ4n) is 2.91. The summed E-state index contributed by atoms with van der Waals surface area (Å²) < 4.78 is 0. The molecular formula is C16H17N3O. The van der Waals surface area contributed by atoms with Crippen molar-refractivity contribution >= 4 is 23.0 Å². The zero-order valence-corrected chi connectivity index (χ0v) is 11.3. The third kappa shape index (κ3) is 1.81. The molecule has 4 N–H and O–H groups in total. The van der Waals surface area contributed by atoms with Crippen LogP contribution in [0, 0.1) is 0 Å². The Balaban J connectivity index is 2.15. The van der Waals surface area contributed by atoms with Crippen molar-refractivity contribution in [2.45, 2.75) is 19.4 Å². The van der Waals surface area contributed by atoms with Crippen LogP contribution in [0.4, 0.5) is 17.1 Å². The Kier molecular flexibility index (Phi) is 2.86. The first-order valence-electron chi connectivity index (χ1n) is 6.65. The Hall–Kier alpha value is -2.49. The first kappa shape index (κ1) is 12.5. The lowest BCUT2D eigenvalue weighted by Crippen LogP contribution is -2.26. The van der Waals surface area contributed by atoms with Gasteiger partial charge in [-0.15, -0.1) is 0 Å². The monoisotopic (exact) mass is 267 g/mol. The Bertz CT molecular complexity index is 681. The van der Waals surface area contributed by atoms with E-state index in [9.17, 15) is 4.79 Å². The van der Waals surface area contributed by atoms with Crippen molar-refractivity contribution in [2.75, 3.05) is 10.6 Å².